The number of hydrogen-bond donors (Lipinski definition) is 1. The van der Waals surface area contributed by atoms with Crippen molar-refractivity contribution in [1.82, 2.24) is 19.9 Å². The van der Waals surface area contributed by atoms with E-state index >= 15 is 0 Å². The quantitative estimate of drug-likeness (QED) is 0.486. The number of ether oxygens (including phenoxy) is 2. The van der Waals surface area contributed by atoms with Gasteiger partial charge in [0.05, 0.1) is 25.9 Å². The van der Waals surface area contributed by atoms with Crippen LogP contribution in [0.3, 0.4) is 0 Å². The van der Waals surface area contributed by atoms with Crippen LogP contribution >= 0.6 is 0 Å². The van der Waals surface area contributed by atoms with Crippen molar-refractivity contribution in [2.75, 3.05) is 33.4 Å². The summed E-state index contributed by atoms with van der Waals surface area (Å²) in [4.78, 5) is 26.8. The largest absolute Gasteiger partial charge is 0.465 e. The lowest BCUT2D eigenvalue weighted by Gasteiger charge is -2.26. The van der Waals surface area contributed by atoms with Gasteiger partial charge in [-0.2, -0.15) is 0 Å². The van der Waals surface area contributed by atoms with E-state index in [0.29, 0.717) is 5.56 Å². The lowest BCUT2D eigenvalue weighted by atomic mass is 10.0. The standard InChI is InChI=1S/C25H24N4O3/c1-31-25(30)20-8-6-18(7-9-20)21-10-11-26-24-22(21)27-23(28-24)19-4-2-17(3-5-19)16-29-12-14-32-15-13-29/h2-11H,12-16H2,1H3,(H,26,27,28). The molecule has 0 aliphatic carbocycles. The van der Waals surface area contributed by atoms with Crippen LogP contribution in [-0.4, -0.2) is 59.2 Å². The molecule has 162 valence electrons. The van der Waals surface area contributed by atoms with E-state index in [0.717, 1.165) is 66.5 Å². The number of nitrogens with one attached hydrogen (secondary N) is 1. The molecule has 0 atom stereocenters. The van der Waals surface area contributed by atoms with Crippen molar-refractivity contribution in [1.29, 1.82) is 0 Å². The van der Waals surface area contributed by atoms with Gasteiger partial charge in [-0.05, 0) is 29.3 Å². The third-order valence-corrected chi connectivity index (χ3v) is 5.74. The van der Waals surface area contributed by atoms with E-state index in [4.69, 9.17) is 14.5 Å². The Hall–Kier alpha value is -3.55. The lowest BCUT2D eigenvalue weighted by molar-refractivity contribution is 0.0342. The highest BCUT2D eigenvalue weighted by atomic mass is 16.5. The number of carbonyl (C=O) groups excluding carboxylic acids is 1. The number of H-pyrrole nitrogens is 1. The van der Waals surface area contributed by atoms with Gasteiger partial charge in [0.2, 0.25) is 0 Å². The third kappa shape index (κ3) is 4.12. The maximum Gasteiger partial charge on any atom is 0.337 e. The van der Waals surface area contributed by atoms with Crippen molar-refractivity contribution in [3.05, 3.63) is 71.9 Å². The predicted molar refractivity (Wildman–Crippen MR) is 122 cm³/mol. The lowest BCUT2D eigenvalue weighted by Crippen LogP contribution is -2.35. The van der Waals surface area contributed by atoms with Crippen LogP contribution in [0, 0.1) is 0 Å². The second-order valence-electron chi connectivity index (χ2n) is 7.80. The molecule has 0 radical (unpaired) electrons. The van der Waals surface area contributed by atoms with Gasteiger partial charge < -0.3 is 14.5 Å². The van der Waals surface area contributed by atoms with Crippen LogP contribution in [0.1, 0.15) is 15.9 Å². The van der Waals surface area contributed by atoms with E-state index in [-0.39, 0.29) is 5.97 Å². The van der Waals surface area contributed by atoms with Gasteiger partial charge in [0.1, 0.15) is 11.3 Å². The van der Waals surface area contributed by atoms with Crippen LogP contribution < -0.4 is 0 Å². The fourth-order valence-electron chi connectivity index (χ4n) is 3.97. The molecule has 0 unspecified atom stereocenters. The normalized spacial score (nSPS) is 14.5. The van der Waals surface area contributed by atoms with E-state index in [1.165, 1.54) is 12.7 Å². The van der Waals surface area contributed by atoms with Crippen LogP contribution in [0.5, 0.6) is 0 Å². The van der Waals surface area contributed by atoms with Crippen molar-refractivity contribution >= 4 is 17.1 Å². The zero-order valence-electron chi connectivity index (χ0n) is 17.9. The van der Waals surface area contributed by atoms with E-state index in [1.807, 2.05) is 18.2 Å². The molecule has 2 aromatic heterocycles. The van der Waals surface area contributed by atoms with Gasteiger partial charge in [0.15, 0.2) is 5.65 Å². The van der Waals surface area contributed by atoms with Crippen molar-refractivity contribution in [3.63, 3.8) is 0 Å². The molecule has 32 heavy (non-hydrogen) atoms. The number of benzene rings is 2. The number of esters is 1. The Morgan fingerprint density at radius 2 is 1.75 bits per heavy atom. The molecule has 0 amide bonds. The molecule has 1 fully saturated rings. The van der Waals surface area contributed by atoms with Gasteiger partial charge in [0.25, 0.3) is 0 Å². The summed E-state index contributed by atoms with van der Waals surface area (Å²) >= 11 is 0. The van der Waals surface area contributed by atoms with E-state index < -0.39 is 0 Å². The number of hydrogen-bond acceptors (Lipinski definition) is 6. The van der Waals surface area contributed by atoms with Crippen molar-refractivity contribution in [2.45, 2.75) is 6.54 Å². The summed E-state index contributed by atoms with van der Waals surface area (Å²) in [5.41, 5.74) is 6.25. The van der Waals surface area contributed by atoms with E-state index in [1.54, 1.807) is 18.3 Å². The third-order valence-electron chi connectivity index (χ3n) is 5.74. The van der Waals surface area contributed by atoms with Crippen molar-refractivity contribution < 1.29 is 14.3 Å². The first-order valence-electron chi connectivity index (χ1n) is 10.6. The Morgan fingerprint density at radius 3 is 2.47 bits per heavy atom. The Morgan fingerprint density at radius 1 is 1.03 bits per heavy atom. The molecule has 1 N–H and O–H groups in total. The van der Waals surface area contributed by atoms with E-state index in [2.05, 4.69) is 39.1 Å². The van der Waals surface area contributed by atoms with Gasteiger partial charge >= 0.3 is 5.97 Å². The minimum Gasteiger partial charge on any atom is -0.465 e. The van der Waals surface area contributed by atoms with E-state index in [9.17, 15) is 4.79 Å². The molecule has 7 nitrogen and oxygen atoms in total. The van der Waals surface area contributed by atoms with Gasteiger partial charge in [0, 0.05) is 37.0 Å². The van der Waals surface area contributed by atoms with Gasteiger partial charge in [-0.1, -0.05) is 36.4 Å². The van der Waals surface area contributed by atoms with Crippen molar-refractivity contribution in [2.24, 2.45) is 0 Å². The molecule has 0 bridgehead atoms. The van der Waals surface area contributed by atoms with Crippen molar-refractivity contribution in [3.8, 4) is 22.5 Å². The Bertz CT molecular complexity index is 1230. The summed E-state index contributed by atoms with van der Waals surface area (Å²) in [5, 5.41) is 0. The second kappa shape index (κ2) is 8.90. The van der Waals surface area contributed by atoms with Crippen LogP contribution in [-0.2, 0) is 16.0 Å². The predicted octanol–water partition coefficient (Wildman–Crippen LogP) is 3.91. The zero-order chi connectivity index (χ0) is 21.9. The molecular formula is C25H24N4O3. The van der Waals surface area contributed by atoms with Crippen LogP contribution in [0.15, 0.2) is 60.8 Å². The maximum absolute atomic E-state index is 11.7. The summed E-state index contributed by atoms with van der Waals surface area (Å²) in [7, 11) is 1.38. The first-order chi connectivity index (χ1) is 15.7. The zero-order valence-corrected chi connectivity index (χ0v) is 17.9. The summed E-state index contributed by atoms with van der Waals surface area (Å²) in [6, 6.07) is 17.7. The topological polar surface area (TPSA) is 80.3 Å². The summed E-state index contributed by atoms with van der Waals surface area (Å²) in [6.45, 7) is 4.48. The molecule has 3 heterocycles. The average Bonchev–Trinajstić information content (AvgIpc) is 3.29. The molecule has 1 aliphatic rings. The molecular weight excluding hydrogens is 404 g/mol. The molecule has 1 aliphatic heterocycles. The number of methoxy groups -OCH3 is 1. The highest BCUT2D eigenvalue weighted by Gasteiger charge is 2.14. The maximum atomic E-state index is 11.7. The number of pyridine rings is 1. The summed E-state index contributed by atoms with van der Waals surface area (Å²) in [6.07, 6.45) is 1.76. The molecule has 5 rings (SSSR count). The fraction of sp³-hybridized carbons (Fsp3) is 0.240. The Kier molecular flexibility index (Phi) is 5.66. The molecule has 1 saturated heterocycles. The first-order valence-corrected chi connectivity index (χ1v) is 10.6. The molecule has 0 saturated carbocycles. The molecule has 2 aromatic carbocycles. The molecule has 7 heteroatoms. The number of aromatic nitrogens is 3. The van der Waals surface area contributed by atoms with Crippen LogP contribution in [0.4, 0.5) is 0 Å². The molecule has 4 aromatic rings. The number of nitrogens with zero attached hydrogens (tertiary/aromatic N) is 3. The van der Waals surface area contributed by atoms with Crippen LogP contribution in [0.2, 0.25) is 0 Å². The number of rotatable bonds is 5. The minimum absolute atomic E-state index is 0.351. The average molecular weight is 428 g/mol. The number of aromatic amines is 1. The number of imidazole rings is 1. The van der Waals surface area contributed by atoms with Gasteiger partial charge in [-0.25, -0.2) is 14.8 Å². The highest BCUT2D eigenvalue weighted by Crippen LogP contribution is 2.29. The number of morpholine rings is 1. The Labute approximate surface area is 186 Å². The van der Waals surface area contributed by atoms with Gasteiger partial charge in [-0.3, -0.25) is 4.90 Å². The minimum atomic E-state index is -0.351. The second-order valence-corrected chi connectivity index (χ2v) is 7.80. The SMILES string of the molecule is COC(=O)c1ccc(-c2ccnc3[nH]c(-c4ccc(CN5CCOCC5)cc4)nc23)cc1. The summed E-state index contributed by atoms with van der Waals surface area (Å²) in [5.74, 6) is 0.430. The Balaban J connectivity index is 1.41. The number of carbonyl (C=O) groups is 1. The fourth-order valence-corrected chi connectivity index (χ4v) is 3.97. The summed E-state index contributed by atoms with van der Waals surface area (Å²) < 4.78 is 10.2. The monoisotopic (exact) mass is 428 g/mol. The van der Waals surface area contributed by atoms with Gasteiger partial charge in [-0.15, -0.1) is 0 Å². The number of fused-ring (bicyclic) bond motifs is 1. The highest BCUT2D eigenvalue weighted by molar-refractivity contribution is 5.93. The smallest absolute Gasteiger partial charge is 0.337 e. The van der Waals surface area contributed by atoms with Crippen LogP contribution in [0.25, 0.3) is 33.7 Å². The first kappa shape index (κ1) is 20.4. The molecule has 0 spiro atoms.